The second-order valence-corrected chi connectivity index (χ2v) is 9.36. The van der Waals surface area contributed by atoms with Gasteiger partial charge in [-0.15, -0.1) is 0 Å². The summed E-state index contributed by atoms with van der Waals surface area (Å²) in [5.41, 5.74) is 8.40. The summed E-state index contributed by atoms with van der Waals surface area (Å²) < 4.78 is 6.87. The second-order valence-electron chi connectivity index (χ2n) is 9.36. The highest BCUT2D eigenvalue weighted by molar-refractivity contribution is 5.85. The highest BCUT2D eigenvalue weighted by Crippen LogP contribution is 2.36. The van der Waals surface area contributed by atoms with Crippen molar-refractivity contribution >= 4 is 17.1 Å². The molecular formula is C27H29N5O2. The summed E-state index contributed by atoms with van der Waals surface area (Å²) in [6.07, 6.45) is 10.6. The van der Waals surface area contributed by atoms with E-state index in [0.29, 0.717) is 24.9 Å². The molecule has 1 fully saturated rings. The number of fused-ring (bicyclic) bond motifs is 2. The fourth-order valence-electron chi connectivity index (χ4n) is 5.36. The lowest BCUT2D eigenvalue weighted by Crippen LogP contribution is -2.39. The zero-order valence-corrected chi connectivity index (χ0v) is 19.6. The van der Waals surface area contributed by atoms with Crippen LogP contribution in [0, 0.1) is 6.92 Å². The summed E-state index contributed by atoms with van der Waals surface area (Å²) in [4.78, 5) is 23.0. The van der Waals surface area contributed by atoms with Gasteiger partial charge in [-0.05, 0) is 78.7 Å². The van der Waals surface area contributed by atoms with Gasteiger partial charge in [0, 0.05) is 48.7 Å². The van der Waals surface area contributed by atoms with Gasteiger partial charge in [-0.25, -0.2) is 9.78 Å². The normalized spacial score (nSPS) is 17.8. The van der Waals surface area contributed by atoms with Crippen LogP contribution in [0.25, 0.3) is 22.2 Å². The minimum Gasteiger partial charge on any atom is -0.495 e. The number of methoxy groups -OCH3 is 1. The van der Waals surface area contributed by atoms with E-state index in [0.717, 1.165) is 36.0 Å². The molecule has 0 aliphatic carbocycles. The lowest BCUT2D eigenvalue weighted by molar-refractivity contribution is 0.193. The minimum absolute atomic E-state index is 0.0130. The Balaban J connectivity index is 1.38. The molecule has 2 aliphatic rings. The molecule has 0 saturated carbocycles. The summed E-state index contributed by atoms with van der Waals surface area (Å²) >= 11 is 0. The number of hydrogen-bond donors (Lipinski definition) is 2. The number of nitrogens with one attached hydrogen (secondary N) is 2. The molecule has 6 rings (SSSR count). The molecule has 7 nitrogen and oxygen atoms in total. The smallest absolute Gasteiger partial charge is 0.328 e. The van der Waals surface area contributed by atoms with Crippen LogP contribution in [0.1, 0.15) is 41.1 Å². The van der Waals surface area contributed by atoms with E-state index >= 15 is 0 Å². The van der Waals surface area contributed by atoms with E-state index in [2.05, 4.69) is 40.4 Å². The van der Waals surface area contributed by atoms with Crippen molar-refractivity contribution in [3.63, 3.8) is 0 Å². The molecule has 1 saturated heterocycles. The number of nitrogens with zero attached hydrogens (tertiary/aromatic N) is 3. The molecule has 34 heavy (non-hydrogen) atoms. The third kappa shape index (κ3) is 3.56. The Kier molecular flexibility index (Phi) is 5.14. The number of ether oxygens (including phenoxy) is 1. The molecule has 2 aliphatic heterocycles. The molecular weight excluding hydrogens is 426 g/mol. The molecule has 174 valence electrons. The van der Waals surface area contributed by atoms with Crippen molar-refractivity contribution < 1.29 is 9.53 Å². The number of amides is 1. The van der Waals surface area contributed by atoms with Crippen molar-refractivity contribution in [1.29, 1.82) is 0 Å². The average molecular weight is 456 g/mol. The lowest BCUT2D eigenvalue weighted by atomic mass is 9.87. The van der Waals surface area contributed by atoms with Crippen LogP contribution in [-0.2, 0) is 13.0 Å². The van der Waals surface area contributed by atoms with Gasteiger partial charge >= 0.3 is 6.03 Å². The summed E-state index contributed by atoms with van der Waals surface area (Å²) in [5.74, 6) is 0.689. The van der Waals surface area contributed by atoms with Crippen LogP contribution < -0.4 is 10.1 Å². The van der Waals surface area contributed by atoms with Gasteiger partial charge in [0.2, 0.25) is 0 Å². The fourth-order valence-corrected chi connectivity index (χ4v) is 5.36. The number of aryl methyl sites for hydroxylation is 1. The molecule has 3 aromatic heterocycles. The van der Waals surface area contributed by atoms with Gasteiger partial charge in [0.15, 0.2) is 0 Å². The third-order valence-corrected chi connectivity index (χ3v) is 7.28. The van der Waals surface area contributed by atoms with E-state index in [-0.39, 0.29) is 6.03 Å². The van der Waals surface area contributed by atoms with Crippen LogP contribution in [0.3, 0.4) is 0 Å². The van der Waals surface area contributed by atoms with Crippen molar-refractivity contribution in [3.8, 4) is 16.9 Å². The summed E-state index contributed by atoms with van der Waals surface area (Å²) in [7, 11) is 1.62. The quantitative estimate of drug-likeness (QED) is 0.465. The van der Waals surface area contributed by atoms with E-state index in [9.17, 15) is 4.79 Å². The first-order valence-electron chi connectivity index (χ1n) is 11.9. The number of carbonyl (C=O) groups is 1. The summed E-state index contributed by atoms with van der Waals surface area (Å²) in [5, 5.41) is 4.84. The average Bonchev–Trinajstić information content (AvgIpc) is 3.64. The van der Waals surface area contributed by atoms with Crippen LogP contribution >= 0.6 is 0 Å². The van der Waals surface area contributed by atoms with Gasteiger partial charge < -0.3 is 19.9 Å². The molecule has 2 N–H and O–H groups in total. The zero-order valence-electron chi connectivity index (χ0n) is 19.6. The van der Waals surface area contributed by atoms with Crippen LogP contribution in [0.2, 0.25) is 0 Å². The van der Waals surface area contributed by atoms with Crippen molar-refractivity contribution in [1.82, 2.24) is 24.8 Å². The highest BCUT2D eigenvalue weighted by atomic mass is 16.5. The van der Waals surface area contributed by atoms with Crippen LogP contribution in [-0.4, -0.2) is 45.7 Å². The summed E-state index contributed by atoms with van der Waals surface area (Å²) in [6.45, 7) is 4.46. The fraction of sp³-hybridized carbons (Fsp3) is 0.333. The Hall–Kier alpha value is -3.58. The van der Waals surface area contributed by atoms with Gasteiger partial charge in [0.25, 0.3) is 0 Å². The van der Waals surface area contributed by atoms with E-state index in [1.54, 1.807) is 24.1 Å². The predicted molar refractivity (Wildman–Crippen MR) is 132 cm³/mol. The number of aromatic nitrogens is 3. The maximum atomic E-state index is 13.2. The van der Waals surface area contributed by atoms with Gasteiger partial charge in [-0.2, -0.15) is 0 Å². The topological polar surface area (TPSA) is 75.2 Å². The monoisotopic (exact) mass is 455 g/mol. The number of carbonyl (C=O) groups excluding carboxylic acids is 1. The lowest BCUT2D eigenvalue weighted by Gasteiger charge is -2.32. The number of H-pyrrole nitrogens is 1. The van der Waals surface area contributed by atoms with Crippen LogP contribution in [0.4, 0.5) is 4.79 Å². The first-order chi connectivity index (χ1) is 16.6. The second kappa shape index (κ2) is 8.33. The maximum absolute atomic E-state index is 13.2. The first kappa shape index (κ1) is 21.0. The maximum Gasteiger partial charge on any atom is 0.328 e. The molecule has 0 radical (unpaired) electrons. The molecule has 1 atom stereocenters. The van der Waals surface area contributed by atoms with Crippen molar-refractivity contribution in [2.75, 3.05) is 20.2 Å². The number of rotatable bonds is 3. The third-order valence-electron chi connectivity index (χ3n) is 7.28. The predicted octanol–water partition coefficient (Wildman–Crippen LogP) is 4.80. The zero-order chi connectivity index (χ0) is 23.2. The molecule has 4 aromatic rings. The van der Waals surface area contributed by atoms with E-state index in [1.165, 1.54) is 34.2 Å². The molecule has 0 spiro atoms. The molecule has 5 heterocycles. The van der Waals surface area contributed by atoms with Gasteiger partial charge in [-0.1, -0.05) is 6.07 Å². The standard InChI is InChI=1S/C27H29N5O2/c1-17-13-29-26-22(17)12-20(14-30-26)19-10-18-5-8-32(27(33)31-9-6-21(15-31)34-2)16-24(18)23(11-19)25-4-3-7-28-25/h6,9-15,25,28H,3-5,7-8,16H2,1-2H3,(H,29,30). The SMILES string of the molecule is COc1ccn(C(=O)N2CCc3cc(-c4cnc5[nH]cc(C)c5c4)cc(C4CCCN4)c3C2)c1. The van der Waals surface area contributed by atoms with Crippen LogP contribution in [0.5, 0.6) is 5.75 Å². The molecule has 1 aromatic carbocycles. The van der Waals surface area contributed by atoms with Crippen molar-refractivity contribution in [2.45, 2.75) is 38.8 Å². The first-order valence-corrected chi connectivity index (χ1v) is 11.9. The van der Waals surface area contributed by atoms with E-state index in [4.69, 9.17) is 4.74 Å². The Bertz CT molecular complexity index is 1380. The number of benzene rings is 1. The molecule has 0 bridgehead atoms. The van der Waals surface area contributed by atoms with Gasteiger partial charge in [-0.3, -0.25) is 4.57 Å². The Labute approximate surface area is 198 Å². The molecule has 1 unspecified atom stereocenters. The number of pyridine rings is 1. The molecule has 7 heteroatoms. The Morgan fingerprint density at radius 3 is 2.94 bits per heavy atom. The van der Waals surface area contributed by atoms with E-state index < -0.39 is 0 Å². The molecule has 1 amide bonds. The van der Waals surface area contributed by atoms with Crippen molar-refractivity contribution in [2.24, 2.45) is 0 Å². The number of hydrogen-bond acceptors (Lipinski definition) is 4. The Morgan fingerprint density at radius 2 is 2.15 bits per heavy atom. The van der Waals surface area contributed by atoms with Gasteiger partial charge in [0.1, 0.15) is 11.4 Å². The highest BCUT2D eigenvalue weighted by Gasteiger charge is 2.28. The largest absolute Gasteiger partial charge is 0.495 e. The number of aromatic amines is 1. The van der Waals surface area contributed by atoms with Gasteiger partial charge in [0.05, 0.1) is 13.3 Å². The summed E-state index contributed by atoms with van der Waals surface area (Å²) in [6, 6.07) is 8.98. The minimum atomic E-state index is -0.0130. The van der Waals surface area contributed by atoms with E-state index in [1.807, 2.05) is 23.4 Å². The Morgan fingerprint density at radius 1 is 1.24 bits per heavy atom. The van der Waals surface area contributed by atoms with Crippen LogP contribution in [0.15, 0.2) is 49.1 Å². The van der Waals surface area contributed by atoms with Crippen molar-refractivity contribution in [3.05, 3.63) is 71.3 Å².